The molecule has 8 nitrogen and oxygen atoms in total. The van der Waals surface area contributed by atoms with Crippen molar-refractivity contribution in [1.29, 1.82) is 0 Å². The van der Waals surface area contributed by atoms with Gasteiger partial charge >= 0.3 is 0 Å². The number of nitrogens with zero attached hydrogens (tertiary/aromatic N) is 3. The molecule has 8 rings (SSSR count). The maximum atomic E-state index is 14.2. The van der Waals surface area contributed by atoms with Gasteiger partial charge in [-0.05, 0) is 74.1 Å². The van der Waals surface area contributed by atoms with E-state index in [0.29, 0.717) is 35.7 Å². The number of halogens is 1. The summed E-state index contributed by atoms with van der Waals surface area (Å²) in [6.45, 7) is 3.83. The molecular formula is C34H32FN5O3. The van der Waals surface area contributed by atoms with E-state index in [4.69, 9.17) is 15.1 Å². The average Bonchev–Trinajstić information content (AvgIpc) is 3.53. The minimum atomic E-state index is -1.11. The number of furan rings is 1. The first-order valence-corrected chi connectivity index (χ1v) is 15.0. The van der Waals surface area contributed by atoms with Gasteiger partial charge in [-0.2, -0.15) is 0 Å². The van der Waals surface area contributed by atoms with Crippen LogP contribution in [-0.2, 0) is 13.1 Å². The number of nitrogens with two attached hydrogens (primary N) is 1. The second-order valence-electron chi connectivity index (χ2n) is 12.3. The van der Waals surface area contributed by atoms with Crippen LogP contribution in [0.5, 0.6) is 0 Å². The van der Waals surface area contributed by atoms with Gasteiger partial charge in [0.05, 0.1) is 17.9 Å². The number of piperidine rings is 1. The van der Waals surface area contributed by atoms with Gasteiger partial charge < -0.3 is 24.9 Å². The Bertz CT molecular complexity index is 1940. The molecule has 5 heterocycles. The molecule has 2 aromatic carbocycles. The van der Waals surface area contributed by atoms with Crippen molar-refractivity contribution < 1.29 is 18.4 Å². The van der Waals surface area contributed by atoms with Crippen LogP contribution in [0.3, 0.4) is 0 Å². The predicted molar refractivity (Wildman–Crippen MR) is 162 cm³/mol. The van der Waals surface area contributed by atoms with Gasteiger partial charge in [0.1, 0.15) is 17.4 Å². The highest BCUT2D eigenvalue weighted by molar-refractivity contribution is 6.00. The molecule has 0 radical (unpaired) electrons. The number of alkyl halides is 1. The van der Waals surface area contributed by atoms with E-state index < -0.39 is 6.17 Å². The molecule has 0 bridgehead atoms. The molecule has 2 fully saturated rings. The van der Waals surface area contributed by atoms with E-state index >= 15 is 0 Å². The van der Waals surface area contributed by atoms with E-state index in [1.807, 2.05) is 37.3 Å². The lowest BCUT2D eigenvalue weighted by Gasteiger charge is -2.33. The number of nitrogens with one attached hydrogen (secondary N) is 1. The largest absolute Gasteiger partial charge is 0.454 e. The Labute approximate surface area is 247 Å². The third-order valence-corrected chi connectivity index (χ3v) is 9.11. The number of aromatic nitrogens is 2. The number of pyridine rings is 1. The lowest BCUT2D eigenvalue weighted by atomic mass is 10.0. The normalized spacial score (nSPS) is 20.2. The maximum absolute atomic E-state index is 14.2. The lowest BCUT2D eigenvalue weighted by Crippen LogP contribution is -2.50. The van der Waals surface area contributed by atoms with Gasteiger partial charge in [-0.1, -0.05) is 18.2 Å². The molecule has 43 heavy (non-hydrogen) atoms. The fourth-order valence-electron chi connectivity index (χ4n) is 6.62. The Morgan fingerprint density at radius 3 is 2.79 bits per heavy atom. The molecule has 3 N–H and O–H groups in total. The van der Waals surface area contributed by atoms with Crippen LogP contribution >= 0.6 is 0 Å². The Balaban J connectivity index is 1.19. The zero-order valence-electron chi connectivity index (χ0n) is 23.9. The number of likely N-dealkylation sites (tertiary alicyclic amines) is 1. The van der Waals surface area contributed by atoms with Crippen molar-refractivity contribution in [2.24, 2.45) is 11.7 Å². The third kappa shape index (κ3) is 4.50. The fraction of sp³-hybridized carbons (Fsp3) is 0.324. The molecule has 2 aliphatic heterocycles. The topological polar surface area (TPSA) is 106 Å². The van der Waals surface area contributed by atoms with Gasteiger partial charge in [-0.25, -0.2) is 9.37 Å². The number of carbonyl (C=O) groups is 2. The summed E-state index contributed by atoms with van der Waals surface area (Å²) in [5.41, 5.74) is 13.3. The molecule has 0 spiro atoms. The van der Waals surface area contributed by atoms with Gasteiger partial charge in [0, 0.05) is 58.7 Å². The molecule has 2 atom stereocenters. The SMILES string of the molecule is Cc1c(-c2cc3ccc(-c4ccc5c(c4)C(=O)NC5)nc3n2CC2CC2)oc2cc(C(=O)N3C[C@H](N)C[C@@H](F)C3)ccc12. The molecule has 0 unspecified atom stereocenters. The first kappa shape index (κ1) is 26.2. The quantitative estimate of drug-likeness (QED) is 0.283. The summed E-state index contributed by atoms with van der Waals surface area (Å²) < 4.78 is 22.9. The minimum Gasteiger partial charge on any atom is -0.454 e. The van der Waals surface area contributed by atoms with Crippen LogP contribution in [0.15, 0.2) is 59.0 Å². The van der Waals surface area contributed by atoms with Crippen LogP contribution in [0, 0.1) is 12.8 Å². The number of rotatable bonds is 5. The van der Waals surface area contributed by atoms with Crippen LogP contribution in [0.2, 0.25) is 0 Å². The second-order valence-corrected chi connectivity index (χ2v) is 12.3. The first-order valence-electron chi connectivity index (χ1n) is 15.0. The Morgan fingerprint density at radius 2 is 1.98 bits per heavy atom. The molecule has 218 valence electrons. The summed E-state index contributed by atoms with van der Waals surface area (Å²) in [7, 11) is 0. The number of benzene rings is 2. The number of aryl methyl sites for hydroxylation is 1. The maximum Gasteiger partial charge on any atom is 0.254 e. The smallest absolute Gasteiger partial charge is 0.254 e. The number of carbonyl (C=O) groups excluding carboxylic acids is 2. The average molecular weight is 578 g/mol. The van der Waals surface area contributed by atoms with Gasteiger partial charge in [0.2, 0.25) is 0 Å². The number of amides is 2. The van der Waals surface area contributed by atoms with Gasteiger partial charge in [0.25, 0.3) is 11.8 Å². The molecule has 1 saturated heterocycles. The van der Waals surface area contributed by atoms with Gasteiger partial charge in [0.15, 0.2) is 5.76 Å². The molecule has 1 saturated carbocycles. The predicted octanol–water partition coefficient (Wildman–Crippen LogP) is 5.59. The molecular weight excluding hydrogens is 545 g/mol. The molecule has 3 aliphatic rings. The zero-order valence-corrected chi connectivity index (χ0v) is 23.9. The highest BCUT2D eigenvalue weighted by Crippen LogP contribution is 2.40. The second kappa shape index (κ2) is 9.77. The van der Waals surface area contributed by atoms with Crippen LogP contribution in [-0.4, -0.2) is 51.6 Å². The van der Waals surface area contributed by atoms with Crippen LogP contribution in [0.4, 0.5) is 4.39 Å². The molecule has 5 aromatic rings. The van der Waals surface area contributed by atoms with E-state index in [1.54, 1.807) is 12.1 Å². The lowest BCUT2D eigenvalue weighted by molar-refractivity contribution is 0.0606. The summed E-state index contributed by atoms with van der Waals surface area (Å²) in [5.74, 6) is 1.05. The van der Waals surface area contributed by atoms with E-state index in [1.165, 1.54) is 17.7 Å². The summed E-state index contributed by atoms with van der Waals surface area (Å²) in [6.07, 6.45) is 1.53. The highest BCUT2D eigenvalue weighted by Gasteiger charge is 2.30. The van der Waals surface area contributed by atoms with Gasteiger partial charge in [-0.3, -0.25) is 9.59 Å². The van der Waals surface area contributed by atoms with Crippen molar-refractivity contribution in [3.63, 3.8) is 0 Å². The van der Waals surface area contributed by atoms with Crippen molar-refractivity contribution >= 4 is 33.8 Å². The van der Waals surface area contributed by atoms with Crippen molar-refractivity contribution in [1.82, 2.24) is 19.8 Å². The molecule has 9 heteroatoms. The summed E-state index contributed by atoms with van der Waals surface area (Å²) in [5, 5.41) is 4.82. The third-order valence-electron chi connectivity index (χ3n) is 9.11. The summed E-state index contributed by atoms with van der Waals surface area (Å²) >= 11 is 0. The summed E-state index contributed by atoms with van der Waals surface area (Å²) in [6, 6.07) is 17.2. The van der Waals surface area contributed by atoms with Crippen molar-refractivity contribution in [2.75, 3.05) is 13.1 Å². The Morgan fingerprint density at radius 1 is 1.12 bits per heavy atom. The molecule has 1 aliphatic carbocycles. The van der Waals surface area contributed by atoms with Gasteiger partial charge in [-0.15, -0.1) is 0 Å². The van der Waals surface area contributed by atoms with E-state index in [0.717, 1.165) is 56.8 Å². The summed E-state index contributed by atoms with van der Waals surface area (Å²) in [4.78, 5) is 32.1. The van der Waals surface area contributed by atoms with E-state index in [-0.39, 0.29) is 30.8 Å². The van der Waals surface area contributed by atoms with Crippen molar-refractivity contribution in [3.8, 4) is 22.7 Å². The Kier molecular flexibility index (Phi) is 5.94. The standard InChI is InChI=1S/C34H32FN5O3/c1-18-26-8-6-22(34(42)39-16-24(35)13-25(36)17-39)12-30(26)43-31(18)29-11-21-7-9-28(38-32(21)40(29)15-19-2-3-19)20-4-5-23-14-37-33(41)27(23)10-20/h4-12,19,24-25H,2-3,13-17,36H2,1H3,(H,37,41)/t24-,25-/m1/s1. The van der Waals surface area contributed by atoms with Crippen molar-refractivity contribution in [3.05, 3.63) is 76.9 Å². The van der Waals surface area contributed by atoms with Crippen molar-refractivity contribution in [2.45, 2.75) is 51.5 Å². The minimum absolute atomic E-state index is 0.0475. The van der Waals surface area contributed by atoms with Crippen LogP contribution in [0.1, 0.15) is 51.1 Å². The fourth-order valence-corrected chi connectivity index (χ4v) is 6.62. The highest BCUT2D eigenvalue weighted by atomic mass is 19.1. The Hall–Kier alpha value is -4.50. The first-order chi connectivity index (χ1) is 20.8. The number of hydrogen-bond acceptors (Lipinski definition) is 5. The molecule has 2 amide bonds. The monoisotopic (exact) mass is 577 g/mol. The van der Waals surface area contributed by atoms with Crippen LogP contribution in [0.25, 0.3) is 44.7 Å². The number of hydrogen-bond donors (Lipinski definition) is 2. The van der Waals surface area contributed by atoms with E-state index in [2.05, 4.69) is 22.0 Å². The zero-order chi connectivity index (χ0) is 29.4. The number of fused-ring (bicyclic) bond motifs is 3. The van der Waals surface area contributed by atoms with Crippen LogP contribution < -0.4 is 11.1 Å². The van der Waals surface area contributed by atoms with E-state index in [9.17, 15) is 14.0 Å². The molecule has 3 aromatic heterocycles.